The highest BCUT2D eigenvalue weighted by atomic mass is 16.1. The van der Waals surface area contributed by atoms with Gasteiger partial charge in [0.2, 0.25) is 0 Å². The predicted molar refractivity (Wildman–Crippen MR) is 44.0 cm³/mol. The monoisotopic (exact) mass is 154 g/mol. The van der Waals surface area contributed by atoms with E-state index in [0.29, 0.717) is 6.42 Å². The fourth-order valence-electron chi connectivity index (χ4n) is 1.02. The van der Waals surface area contributed by atoms with Crippen LogP contribution < -0.4 is 11.1 Å². The number of allylic oxidation sites excluding steroid dienone is 2. The van der Waals surface area contributed by atoms with Gasteiger partial charge in [-0.3, -0.25) is 4.79 Å². The molecule has 0 aliphatic heterocycles. The number of Topliss-reactive ketones (excluding diaryl/α,β-unsaturated/α-hetero) is 1. The van der Waals surface area contributed by atoms with Crippen LogP contribution in [0, 0.1) is 0 Å². The average molecular weight is 154 g/mol. The summed E-state index contributed by atoms with van der Waals surface area (Å²) in [4.78, 5) is 10.9. The summed E-state index contributed by atoms with van der Waals surface area (Å²) in [5, 5.41) is 3.03. The molecule has 0 amide bonds. The molecule has 0 saturated heterocycles. The number of carbonyl (C=O) groups is 1. The van der Waals surface area contributed by atoms with Gasteiger partial charge in [0.15, 0.2) is 5.78 Å². The van der Waals surface area contributed by atoms with Crippen LogP contribution in [0.25, 0.3) is 0 Å². The molecule has 0 aromatic carbocycles. The fourth-order valence-corrected chi connectivity index (χ4v) is 1.02. The first-order valence-corrected chi connectivity index (χ1v) is 3.88. The van der Waals surface area contributed by atoms with Crippen molar-refractivity contribution in [1.82, 2.24) is 5.32 Å². The van der Waals surface area contributed by atoms with Crippen LogP contribution in [0.1, 0.15) is 19.3 Å². The van der Waals surface area contributed by atoms with E-state index in [2.05, 4.69) is 5.32 Å². The number of rotatable bonds is 4. The maximum Gasteiger partial charge on any atom is 0.152 e. The van der Waals surface area contributed by atoms with Gasteiger partial charge >= 0.3 is 0 Å². The molecule has 0 bridgehead atoms. The quantitative estimate of drug-likeness (QED) is 0.607. The van der Waals surface area contributed by atoms with E-state index in [4.69, 9.17) is 5.73 Å². The molecule has 3 heteroatoms. The van der Waals surface area contributed by atoms with Crippen LogP contribution in [-0.2, 0) is 4.79 Å². The van der Waals surface area contributed by atoms with Gasteiger partial charge in [0.1, 0.15) is 0 Å². The van der Waals surface area contributed by atoms with Crippen molar-refractivity contribution in [2.45, 2.75) is 19.3 Å². The molecule has 0 heterocycles. The van der Waals surface area contributed by atoms with Gasteiger partial charge in [0.25, 0.3) is 0 Å². The number of hydrogen-bond acceptors (Lipinski definition) is 3. The van der Waals surface area contributed by atoms with Crippen LogP contribution >= 0.6 is 0 Å². The Balaban J connectivity index is 2.45. The Morgan fingerprint density at radius 2 is 2.27 bits per heavy atom. The lowest BCUT2D eigenvalue weighted by molar-refractivity contribution is -0.117. The first kappa shape index (κ1) is 8.27. The number of carbonyl (C=O) groups excluding carboxylic acids is 1. The lowest BCUT2D eigenvalue weighted by Crippen LogP contribution is -2.18. The van der Waals surface area contributed by atoms with Gasteiger partial charge in [0.05, 0.1) is 6.54 Å². The zero-order valence-electron chi connectivity index (χ0n) is 6.81. The number of nitrogens with two attached hydrogens (primary N) is 1. The molecule has 1 aliphatic carbocycles. The van der Waals surface area contributed by atoms with Gasteiger partial charge in [-0.05, 0) is 12.8 Å². The standard InChI is InChI=1S/C8H14N2O/c1-10-8(6-2-3-6)4-7(11)5-9/h10H,2-5,9H2,1H3. The van der Waals surface area contributed by atoms with Crippen molar-refractivity contribution in [1.29, 1.82) is 0 Å². The van der Waals surface area contributed by atoms with Crippen LogP contribution in [0.2, 0.25) is 0 Å². The lowest BCUT2D eigenvalue weighted by atomic mass is 10.2. The van der Waals surface area contributed by atoms with Crippen LogP contribution in [0.4, 0.5) is 0 Å². The average Bonchev–Trinajstić information content (AvgIpc) is 2.82. The molecular weight excluding hydrogens is 140 g/mol. The summed E-state index contributed by atoms with van der Waals surface area (Å²) in [6.45, 7) is 0.151. The van der Waals surface area contributed by atoms with E-state index >= 15 is 0 Å². The first-order valence-electron chi connectivity index (χ1n) is 3.88. The highest BCUT2D eigenvalue weighted by Crippen LogP contribution is 2.31. The normalized spacial score (nSPS) is 14.5. The molecule has 3 N–H and O–H groups in total. The van der Waals surface area contributed by atoms with E-state index in [9.17, 15) is 4.79 Å². The largest absolute Gasteiger partial charge is 0.391 e. The Labute approximate surface area is 66.6 Å². The minimum atomic E-state index is 0.105. The molecule has 11 heavy (non-hydrogen) atoms. The molecule has 3 nitrogen and oxygen atoms in total. The van der Waals surface area contributed by atoms with Crippen LogP contribution in [0.15, 0.2) is 11.3 Å². The SMILES string of the molecule is CNC(CC(=O)CN)=C1CC1. The van der Waals surface area contributed by atoms with Crippen molar-refractivity contribution >= 4 is 5.78 Å². The topological polar surface area (TPSA) is 55.1 Å². The van der Waals surface area contributed by atoms with Gasteiger partial charge in [0, 0.05) is 19.2 Å². The molecule has 0 spiro atoms. The molecule has 62 valence electrons. The van der Waals surface area contributed by atoms with Crippen LogP contribution in [-0.4, -0.2) is 19.4 Å². The smallest absolute Gasteiger partial charge is 0.152 e. The Morgan fingerprint density at radius 3 is 2.64 bits per heavy atom. The van der Waals surface area contributed by atoms with Crippen molar-refractivity contribution in [3.05, 3.63) is 11.3 Å². The summed E-state index contributed by atoms with van der Waals surface area (Å²) in [5.74, 6) is 0.105. The maximum absolute atomic E-state index is 10.9. The first-order chi connectivity index (χ1) is 5.27. The van der Waals surface area contributed by atoms with Crippen LogP contribution in [0.5, 0.6) is 0 Å². The summed E-state index contributed by atoms with van der Waals surface area (Å²) in [6, 6.07) is 0. The molecule has 0 radical (unpaired) electrons. The Kier molecular flexibility index (Phi) is 2.65. The van der Waals surface area contributed by atoms with Gasteiger partial charge in [-0.15, -0.1) is 0 Å². The summed E-state index contributed by atoms with van der Waals surface area (Å²) < 4.78 is 0. The second kappa shape index (κ2) is 3.53. The summed E-state index contributed by atoms with van der Waals surface area (Å²) >= 11 is 0. The van der Waals surface area contributed by atoms with E-state index in [0.717, 1.165) is 18.5 Å². The minimum Gasteiger partial charge on any atom is -0.391 e. The maximum atomic E-state index is 10.9. The molecule has 1 aliphatic rings. The minimum absolute atomic E-state index is 0.105. The van der Waals surface area contributed by atoms with Gasteiger partial charge in [-0.1, -0.05) is 5.57 Å². The molecule has 1 fully saturated rings. The zero-order chi connectivity index (χ0) is 8.27. The zero-order valence-corrected chi connectivity index (χ0v) is 6.81. The second-order valence-electron chi connectivity index (χ2n) is 2.75. The van der Waals surface area contributed by atoms with Gasteiger partial charge in [-0.25, -0.2) is 0 Å². The van der Waals surface area contributed by atoms with Gasteiger partial charge in [-0.2, -0.15) is 0 Å². The number of ketones is 1. The third-order valence-corrected chi connectivity index (χ3v) is 1.83. The molecule has 1 rings (SSSR count). The molecule has 0 aromatic rings. The Hall–Kier alpha value is -0.830. The van der Waals surface area contributed by atoms with E-state index in [-0.39, 0.29) is 12.3 Å². The third-order valence-electron chi connectivity index (χ3n) is 1.83. The summed E-state index contributed by atoms with van der Waals surface area (Å²) in [5.41, 5.74) is 7.66. The highest BCUT2D eigenvalue weighted by Gasteiger charge is 2.17. The van der Waals surface area contributed by atoms with Crippen molar-refractivity contribution in [3.63, 3.8) is 0 Å². The predicted octanol–water partition coefficient (Wildman–Crippen LogP) is 0.172. The van der Waals surface area contributed by atoms with Crippen molar-refractivity contribution in [3.8, 4) is 0 Å². The molecule has 0 unspecified atom stereocenters. The molecule has 1 saturated carbocycles. The molecule has 0 aromatic heterocycles. The van der Waals surface area contributed by atoms with Crippen molar-refractivity contribution in [2.75, 3.05) is 13.6 Å². The molecular formula is C8H14N2O. The number of hydrogen-bond donors (Lipinski definition) is 2. The van der Waals surface area contributed by atoms with E-state index in [1.54, 1.807) is 0 Å². The van der Waals surface area contributed by atoms with E-state index in [1.165, 1.54) is 5.57 Å². The van der Waals surface area contributed by atoms with Crippen molar-refractivity contribution < 1.29 is 4.79 Å². The van der Waals surface area contributed by atoms with Crippen molar-refractivity contribution in [2.24, 2.45) is 5.73 Å². The summed E-state index contributed by atoms with van der Waals surface area (Å²) in [7, 11) is 1.85. The number of nitrogens with one attached hydrogen (secondary N) is 1. The third kappa shape index (κ3) is 2.35. The Morgan fingerprint density at radius 1 is 1.64 bits per heavy atom. The fraction of sp³-hybridized carbons (Fsp3) is 0.625. The summed E-state index contributed by atoms with van der Waals surface area (Å²) in [6.07, 6.45) is 2.78. The Bertz CT molecular complexity index is 190. The highest BCUT2D eigenvalue weighted by molar-refractivity contribution is 5.82. The van der Waals surface area contributed by atoms with E-state index in [1.807, 2.05) is 7.05 Å². The van der Waals surface area contributed by atoms with E-state index < -0.39 is 0 Å². The molecule has 0 atom stereocenters. The lowest BCUT2D eigenvalue weighted by Gasteiger charge is -2.03. The second-order valence-corrected chi connectivity index (χ2v) is 2.75. The van der Waals surface area contributed by atoms with Crippen LogP contribution in [0.3, 0.4) is 0 Å². The van der Waals surface area contributed by atoms with Gasteiger partial charge < -0.3 is 11.1 Å².